The number of methoxy groups -OCH3 is 1. The fourth-order valence-electron chi connectivity index (χ4n) is 1.61. The summed E-state index contributed by atoms with van der Waals surface area (Å²) in [6, 6.07) is 9.44. The minimum absolute atomic E-state index is 0.250. The van der Waals surface area contributed by atoms with Gasteiger partial charge in [-0.3, -0.25) is 4.79 Å². The predicted molar refractivity (Wildman–Crippen MR) is 69.1 cm³/mol. The molecular weight excluding hydrogens is 249 g/mol. The second kappa shape index (κ2) is 6.04. The lowest BCUT2D eigenvalue weighted by molar-refractivity contribution is 0.295. The fourth-order valence-corrected chi connectivity index (χ4v) is 1.61. The first-order chi connectivity index (χ1) is 9.19. The van der Waals surface area contributed by atoms with Crippen molar-refractivity contribution < 1.29 is 13.9 Å². The van der Waals surface area contributed by atoms with E-state index in [1.807, 2.05) is 0 Å². The smallest absolute Gasteiger partial charge is 0.250 e. The number of hydrogen-bond acceptors (Lipinski definition) is 3. The van der Waals surface area contributed by atoms with Gasteiger partial charge in [-0.2, -0.15) is 0 Å². The molecule has 100 valence electrons. The van der Waals surface area contributed by atoms with Gasteiger partial charge >= 0.3 is 0 Å². The second-order valence-electron chi connectivity index (χ2n) is 3.90. The highest BCUT2D eigenvalue weighted by Gasteiger charge is 1.99. The van der Waals surface area contributed by atoms with Gasteiger partial charge < -0.3 is 14.0 Å². The van der Waals surface area contributed by atoms with Crippen molar-refractivity contribution in [3.05, 3.63) is 58.8 Å². The molecule has 0 fully saturated rings. The van der Waals surface area contributed by atoms with Crippen LogP contribution in [0, 0.1) is 5.82 Å². The number of aromatic nitrogens is 1. The zero-order valence-corrected chi connectivity index (χ0v) is 10.5. The van der Waals surface area contributed by atoms with Crippen LogP contribution in [0.5, 0.6) is 11.5 Å². The molecule has 0 saturated carbocycles. The third-order valence-electron chi connectivity index (χ3n) is 2.61. The zero-order chi connectivity index (χ0) is 13.7. The lowest BCUT2D eigenvalue weighted by Crippen LogP contribution is -2.22. The van der Waals surface area contributed by atoms with Crippen LogP contribution in [-0.2, 0) is 6.54 Å². The lowest BCUT2D eigenvalue weighted by Gasteiger charge is -2.08. The maximum Gasteiger partial charge on any atom is 0.250 e. The standard InChI is InChI=1S/C14H14FNO3/c1-18-12-3-5-13(6-4-12)19-9-8-16-10-11(15)2-7-14(16)17/h2-7,10H,8-9H2,1H3. The van der Waals surface area contributed by atoms with Crippen molar-refractivity contribution in [3.8, 4) is 11.5 Å². The highest BCUT2D eigenvalue weighted by molar-refractivity contribution is 5.31. The van der Waals surface area contributed by atoms with E-state index in [1.54, 1.807) is 31.4 Å². The zero-order valence-electron chi connectivity index (χ0n) is 10.5. The van der Waals surface area contributed by atoms with Gasteiger partial charge in [0.15, 0.2) is 0 Å². The molecule has 0 aliphatic heterocycles. The van der Waals surface area contributed by atoms with Crippen LogP contribution < -0.4 is 15.0 Å². The highest BCUT2D eigenvalue weighted by Crippen LogP contribution is 2.16. The van der Waals surface area contributed by atoms with E-state index >= 15 is 0 Å². The Morgan fingerprint density at radius 1 is 1.11 bits per heavy atom. The second-order valence-corrected chi connectivity index (χ2v) is 3.90. The molecule has 0 aliphatic carbocycles. The molecule has 0 atom stereocenters. The van der Waals surface area contributed by atoms with E-state index in [9.17, 15) is 9.18 Å². The Labute approximate surface area is 110 Å². The number of benzene rings is 1. The fraction of sp³-hybridized carbons (Fsp3) is 0.214. The van der Waals surface area contributed by atoms with Crippen LogP contribution in [0.4, 0.5) is 4.39 Å². The molecule has 1 heterocycles. The summed E-state index contributed by atoms with van der Waals surface area (Å²) in [6.07, 6.45) is 1.17. The highest BCUT2D eigenvalue weighted by atomic mass is 19.1. The molecule has 0 saturated heterocycles. The lowest BCUT2D eigenvalue weighted by atomic mass is 10.3. The predicted octanol–water partition coefficient (Wildman–Crippen LogP) is 2.08. The van der Waals surface area contributed by atoms with Crippen LogP contribution >= 0.6 is 0 Å². The molecule has 2 aromatic rings. The van der Waals surface area contributed by atoms with Gasteiger partial charge in [0.05, 0.1) is 13.7 Å². The largest absolute Gasteiger partial charge is 0.497 e. The minimum atomic E-state index is -0.441. The topological polar surface area (TPSA) is 40.5 Å². The van der Waals surface area contributed by atoms with Crippen molar-refractivity contribution in [2.75, 3.05) is 13.7 Å². The Morgan fingerprint density at radius 2 is 1.79 bits per heavy atom. The number of rotatable bonds is 5. The molecule has 0 radical (unpaired) electrons. The van der Waals surface area contributed by atoms with Crippen molar-refractivity contribution in [1.82, 2.24) is 4.57 Å². The Balaban J connectivity index is 1.92. The van der Waals surface area contributed by atoms with Crippen molar-refractivity contribution in [2.45, 2.75) is 6.54 Å². The van der Waals surface area contributed by atoms with Crippen LogP contribution in [-0.4, -0.2) is 18.3 Å². The Hall–Kier alpha value is -2.30. The van der Waals surface area contributed by atoms with E-state index in [2.05, 4.69) is 0 Å². The van der Waals surface area contributed by atoms with Gasteiger partial charge in [-0.25, -0.2) is 4.39 Å². The van der Waals surface area contributed by atoms with E-state index in [4.69, 9.17) is 9.47 Å². The summed E-state index contributed by atoms with van der Waals surface area (Å²) in [5, 5.41) is 0. The van der Waals surface area contributed by atoms with E-state index in [0.717, 1.165) is 11.8 Å². The molecule has 1 aromatic heterocycles. The van der Waals surface area contributed by atoms with E-state index in [1.165, 1.54) is 16.8 Å². The third kappa shape index (κ3) is 3.58. The average molecular weight is 263 g/mol. The van der Waals surface area contributed by atoms with Gasteiger partial charge in [-0.15, -0.1) is 0 Å². The summed E-state index contributed by atoms with van der Waals surface area (Å²) >= 11 is 0. The van der Waals surface area contributed by atoms with Crippen molar-refractivity contribution in [2.24, 2.45) is 0 Å². The van der Waals surface area contributed by atoms with Gasteiger partial charge in [0.2, 0.25) is 0 Å². The van der Waals surface area contributed by atoms with E-state index in [0.29, 0.717) is 12.3 Å². The van der Waals surface area contributed by atoms with Gasteiger partial charge in [-0.1, -0.05) is 0 Å². The maximum absolute atomic E-state index is 13.0. The van der Waals surface area contributed by atoms with Crippen molar-refractivity contribution in [3.63, 3.8) is 0 Å². The molecular formula is C14H14FNO3. The molecule has 0 N–H and O–H groups in total. The first-order valence-corrected chi connectivity index (χ1v) is 5.82. The van der Waals surface area contributed by atoms with E-state index < -0.39 is 5.82 Å². The Morgan fingerprint density at radius 3 is 2.47 bits per heavy atom. The van der Waals surface area contributed by atoms with Crippen LogP contribution in [0.15, 0.2) is 47.4 Å². The summed E-state index contributed by atoms with van der Waals surface area (Å²) in [6.45, 7) is 0.582. The van der Waals surface area contributed by atoms with Crippen LogP contribution in [0.3, 0.4) is 0 Å². The number of ether oxygens (including phenoxy) is 2. The summed E-state index contributed by atoms with van der Waals surface area (Å²) < 4.78 is 24.7. The first kappa shape index (κ1) is 13.1. The van der Waals surface area contributed by atoms with Gasteiger partial charge in [-0.05, 0) is 30.3 Å². The molecule has 2 rings (SSSR count). The molecule has 0 spiro atoms. The Bertz CT molecular complexity index is 592. The maximum atomic E-state index is 13.0. The van der Waals surface area contributed by atoms with Crippen LogP contribution in [0.25, 0.3) is 0 Å². The SMILES string of the molecule is COc1ccc(OCCn2cc(F)ccc2=O)cc1. The quantitative estimate of drug-likeness (QED) is 0.829. The minimum Gasteiger partial charge on any atom is -0.497 e. The summed E-state index contributed by atoms with van der Waals surface area (Å²) in [5.74, 6) is 0.975. The molecule has 1 aromatic carbocycles. The van der Waals surface area contributed by atoms with E-state index in [-0.39, 0.29) is 12.2 Å². The third-order valence-corrected chi connectivity index (χ3v) is 2.61. The summed E-state index contributed by atoms with van der Waals surface area (Å²) in [5.41, 5.74) is -0.250. The molecule has 4 nitrogen and oxygen atoms in total. The number of hydrogen-bond donors (Lipinski definition) is 0. The monoisotopic (exact) mass is 263 g/mol. The summed E-state index contributed by atoms with van der Waals surface area (Å²) in [4.78, 5) is 11.4. The number of nitrogens with zero attached hydrogens (tertiary/aromatic N) is 1. The normalized spacial score (nSPS) is 10.2. The molecule has 5 heteroatoms. The summed E-state index contributed by atoms with van der Waals surface area (Å²) in [7, 11) is 1.59. The molecule has 0 aliphatic rings. The van der Waals surface area contributed by atoms with Crippen LogP contribution in [0.2, 0.25) is 0 Å². The van der Waals surface area contributed by atoms with Gasteiger partial charge in [0.25, 0.3) is 5.56 Å². The Kier molecular flexibility index (Phi) is 4.18. The van der Waals surface area contributed by atoms with Crippen molar-refractivity contribution >= 4 is 0 Å². The molecule has 0 unspecified atom stereocenters. The molecule has 0 bridgehead atoms. The number of pyridine rings is 1. The average Bonchev–Trinajstić information content (AvgIpc) is 2.43. The first-order valence-electron chi connectivity index (χ1n) is 5.82. The molecule has 0 amide bonds. The van der Waals surface area contributed by atoms with Gasteiger partial charge in [0.1, 0.15) is 23.9 Å². The number of halogens is 1. The van der Waals surface area contributed by atoms with Crippen LogP contribution in [0.1, 0.15) is 0 Å². The van der Waals surface area contributed by atoms with Crippen molar-refractivity contribution in [1.29, 1.82) is 0 Å². The molecule has 19 heavy (non-hydrogen) atoms. The van der Waals surface area contributed by atoms with Gasteiger partial charge in [0, 0.05) is 12.3 Å².